The number of hydrogen-bond acceptors (Lipinski definition) is 6. The van der Waals surface area contributed by atoms with Crippen LogP contribution in [0.1, 0.15) is 50.6 Å². The van der Waals surface area contributed by atoms with E-state index in [-0.39, 0.29) is 10.9 Å². The Morgan fingerprint density at radius 2 is 1.71 bits per heavy atom. The molecular formula is C25H38N4O4Si. The largest absolute Gasteiger partial charge is 0.417 e. The molecule has 1 aliphatic rings. The number of hydrogen-bond donors (Lipinski definition) is 0. The molecule has 1 aliphatic heterocycles. The van der Waals surface area contributed by atoms with Crippen LogP contribution in [0.25, 0.3) is 0 Å². The molecule has 0 N–H and O–H groups in total. The van der Waals surface area contributed by atoms with Crippen molar-refractivity contribution in [1.82, 2.24) is 9.55 Å². The van der Waals surface area contributed by atoms with Gasteiger partial charge in [0.2, 0.25) is 5.82 Å². The molecule has 0 radical (unpaired) electrons. The number of nitro groups is 1. The van der Waals surface area contributed by atoms with Gasteiger partial charge in [0.1, 0.15) is 5.82 Å². The van der Waals surface area contributed by atoms with Crippen LogP contribution in [-0.2, 0) is 23.8 Å². The Morgan fingerprint density at radius 1 is 1.12 bits per heavy atom. The van der Waals surface area contributed by atoms with Gasteiger partial charge in [0.25, 0.3) is 0 Å². The van der Waals surface area contributed by atoms with Gasteiger partial charge in [-0.3, -0.25) is 19.5 Å². The standard InChI is InChI=1S/C25H38N4O4Si/c1-19-26-23(27-16-13-20-11-7-8-12-21(20)14-17-27)22(29(31)32)24(30)28(19)15-9-10-18-33-34(5,6)25(2,3)4/h7-8,11-12H,9-10,13-18H2,1-6H3. The van der Waals surface area contributed by atoms with E-state index in [1.165, 1.54) is 15.7 Å². The quantitative estimate of drug-likeness (QED) is 0.229. The van der Waals surface area contributed by atoms with Gasteiger partial charge >= 0.3 is 11.2 Å². The SMILES string of the molecule is Cc1nc(N2CCc3ccccc3CC2)c([N+](=O)[O-])c(=O)n1CCCCO[Si](C)(C)C(C)(C)C. The molecule has 1 aromatic carbocycles. The topological polar surface area (TPSA) is 90.5 Å². The highest BCUT2D eigenvalue weighted by atomic mass is 28.4. The Morgan fingerprint density at radius 3 is 2.24 bits per heavy atom. The highest BCUT2D eigenvalue weighted by Crippen LogP contribution is 2.36. The summed E-state index contributed by atoms with van der Waals surface area (Å²) in [6, 6.07) is 8.22. The predicted molar refractivity (Wildman–Crippen MR) is 138 cm³/mol. The number of aromatic nitrogens is 2. The molecular weight excluding hydrogens is 448 g/mol. The smallest absolute Gasteiger partial charge is 0.376 e. The summed E-state index contributed by atoms with van der Waals surface area (Å²) in [6.07, 6.45) is 3.03. The molecule has 0 aliphatic carbocycles. The van der Waals surface area contributed by atoms with Crippen LogP contribution in [-0.4, -0.2) is 42.5 Å². The third kappa shape index (κ3) is 5.75. The van der Waals surface area contributed by atoms with Crippen molar-refractivity contribution in [3.63, 3.8) is 0 Å². The number of aryl methyl sites for hydroxylation is 1. The maximum atomic E-state index is 13.2. The van der Waals surface area contributed by atoms with Gasteiger partial charge in [-0.15, -0.1) is 0 Å². The van der Waals surface area contributed by atoms with Gasteiger partial charge in [-0.1, -0.05) is 45.0 Å². The van der Waals surface area contributed by atoms with Crippen LogP contribution in [0.3, 0.4) is 0 Å². The molecule has 0 fully saturated rings. The second kappa shape index (κ2) is 10.4. The van der Waals surface area contributed by atoms with Gasteiger partial charge in [-0.05, 0) is 61.9 Å². The molecule has 0 amide bonds. The van der Waals surface area contributed by atoms with Gasteiger partial charge in [-0.2, -0.15) is 0 Å². The minimum atomic E-state index is -1.81. The summed E-state index contributed by atoms with van der Waals surface area (Å²) in [4.78, 5) is 31.0. The van der Waals surface area contributed by atoms with Crippen molar-refractivity contribution >= 4 is 19.8 Å². The lowest BCUT2D eigenvalue weighted by Crippen LogP contribution is -2.41. The van der Waals surface area contributed by atoms with Crippen molar-refractivity contribution < 1.29 is 9.35 Å². The molecule has 34 heavy (non-hydrogen) atoms. The molecule has 1 aromatic heterocycles. The maximum absolute atomic E-state index is 13.2. The molecule has 0 spiro atoms. The number of unbranched alkanes of at least 4 members (excludes halogenated alkanes) is 1. The number of rotatable bonds is 8. The zero-order valence-electron chi connectivity index (χ0n) is 21.4. The van der Waals surface area contributed by atoms with E-state index in [1.54, 1.807) is 6.92 Å². The van der Waals surface area contributed by atoms with Crippen molar-refractivity contribution in [2.45, 2.75) is 78.1 Å². The lowest BCUT2D eigenvalue weighted by atomic mass is 10.0. The monoisotopic (exact) mass is 486 g/mol. The second-order valence-corrected chi connectivity index (χ2v) is 15.4. The Kier molecular flexibility index (Phi) is 7.97. The average molecular weight is 487 g/mol. The minimum Gasteiger partial charge on any atom is -0.417 e. The molecule has 186 valence electrons. The molecule has 2 heterocycles. The van der Waals surface area contributed by atoms with Gasteiger partial charge in [0.15, 0.2) is 8.32 Å². The van der Waals surface area contributed by atoms with E-state index in [1.807, 2.05) is 17.0 Å². The van der Waals surface area contributed by atoms with Gasteiger partial charge in [0, 0.05) is 26.2 Å². The maximum Gasteiger partial charge on any atom is 0.376 e. The van der Waals surface area contributed by atoms with E-state index in [4.69, 9.17) is 4.43 Å². The summed E-state index contributed by atoms with van der Waals surface area (Å²) < 4.78 is 7.66. The predicted octanol–water partition coefficient (Wildman–Crippen LogP) is 4.87. The Hall–Kier alpha value is -2.52. The molecule has 2 aromatic rings. The number of nitrogens with zero attached hydrogens (tertiary/aromatic N) is 4. The Balaban J connectivity index is 1.73. The fourth-order valence-electron chi connectivity index (χ4n) is 4.08. The second-order valence-electron chi connectivity index (χ2n) is 10.6. The third-order valence-electron chi connectivity index (χ3n) is 7.27. The van der Waals surface area contributed by atoms with Crippen LogP contribution in [0.5, 0.6) is 0 Å². The van der Waals surface area contributed by atoms with E-state index in [0.717, 1.165) is 19.3 Å². The van der Waals surface area contributed by atoms with Crippen LogP contribution in [0.2, 0.25) is 18.1 Å². The van der Waals surface area contributed by atoms with Crippen LogP contribution >= 0.6 is 0 Å². The van der Waals surface area contributed by atoms with E-state index in [9.17, 15) is 14.9 Å². The van der Waals surface area contributed by atoms with Gasteiger partial charge < -0.3 is 9.33 Å². The first-order chi connectivity index (χ1) is 15.9. The van der Waals surface area contributed by atoms with Crippen molar-refractivity contribution in [2.75, 3.05) is 24.6 Å². The molecule has 0 saturated heterocycles. The van der Waals surface area contributed by atoms with E-state index < -0.39 is 24.5 Å². The Labute approximate surface area is 203 Å². The summed E-state index contributed by atoms with van der Waals surface area (Å²) in [5.41, 5.74) is 1.50. The molecule has 8 nitrogen and oxygen atoms in total. The van der Waals surface area contributed by atoms with Crippen molar-refractivity contribution in [3.8, 4) is 0 Å². The highest BCUT2D eigenvalue weighted by Gasteiger charge is 2.36. The van der Waals surface area contributed by atoms with E-state index in [2.05, 4.69) is 51.0 Å². The molecule has 0 unspecified atom stereocenters. The van der Waals surface area contributed by atoms with Gasteiger partial charge in [0.05, 0.1) is 4.92 Å². The summed E-state index contributed by atoms with van der Waals surface area (Å²) in [7, 11) is -1.81. The Bertz CT molecular complexity index is 1060. The number of fused-ring (bicyclic) bond motifs is 1. The first kappa shape index (κ1) is 26.1. The van der Waals surface area contributed by atoms with Crippen molar-refractivity contribution in [3.05, 3.63) is 61.7 Å². The first-order valence-corrected chi connectivity index (χ1v) is 15.0. The van der Waals surface area contributed by atoms with Crippen LogP contribution in [0, 0.1) is 17.0 Å². The summed E-state index contributed by atoms with van der Waals surface area (Å²) in [5, 5.41) is 12.1. The third-order valence-corrected chi connectivity index (χ3v) is 11.8. The van der Waals surface area contributed by atoms with E-state index >= 15 is 0 Å². The number of anilines is 1. The zero-order valence-corrected chi connectivity index (χ0v) is 22.4. The summed E-state index contributed by atoms with van der Waals surface area (Å²) in [5.74, 6) is 0.704. The fourth-order valence-corrected chi connectivity index (χ4v) is 5.16. The summed E-state index contributed by atoms with van der Waals surface area (Å²) in [6.45, 7) is 15.0. The minimum absolute atomic E-state index is 0.148. The first-order valence-electron chi connectivity index (χ1n) is 12.1. The highest BCUT2D eigenvalue weighted by molar-refractivity contribution is 6.74. The lowest BCUT2D eigenvalue weighted by molar-refractivity contribution is -0.386. The van der Waals surface area contributed by atoms with Crippen LogP contribution in [0.15, 0.2) is 29.1 Å². The van der Waals surface area contributed by atoms with Crippen LogP contribution < -0.4 is 10.5 Å². The van der Waals surface area contributed by atoms with Crippen molar-refractivity contribution in [2.24, 2.45) is 0 Å². The van der Waals surface area contributed by atoms with Crippen molar-refractivity contribution in [1.29, 1.82) is 0 Å². The lowest BCUT2D eigenvalue weighted by Gasteiger charge is -2.36. The normalized spacial score (nSPS) is 14.6. The van der Waals surface area contributed by atoms with Gasteiger partial charge in [-0.25, -0.2) is 4.98 Å². The molecule has 3 rings (SSSR count). The molecule has 9 heteroatoms. The fraction of sp³-hybridized carbons (Fsp3) is 0.600. The summed E-state index contributed by atoms with van der Waals surface area (Å²) >= 11 is 0. The molecule has 0 bridgehead atoms. The van der Waals surface area contributed by atoms with Crippen LogP contribution in [0.4, 0.5) is 11.5 Å². The zero-order chi connectivity index (χ0) is 25.1. The van der Waals surface area contributed by atoms with E-state index in [0.29, 0.717) is 38.5 Å². The average Bonchev–Trinajstić information content (AvgIpc) is 2.96. The molecule has 0 saturated carbocycles. The molecule has 0 atom stereocenters. The number of benzene rings is 1.